The number of ketones is 1. The van der Waals surface area contributed by atoms with E-state index in [1.807, 2.05) is 55.5 Å². The monoisotopic (exact) mass is 408 g/mol. The number of nitrogens with zero attached hydrogens (tertiary/aromatic N) is 2. The van der Waals surface area contributed by atoms with E-state index in [0.29, 0.717) is 17.3 Å². The van der Waals surface area contributed by atoms with Gasteiger partial charge in [0.25, 0.3) is 0 Å². The lowest BCUT2D eigenvalue weighted by atomic mass is 10.1. The summed E-state index contributed by atoms with van der Waals surface area (Å²) in [7, 11) is 0. The van der Waals surface area contributed by atoms with Crippen molar-refractivity contribution in [1.29, 1.82) is 0 Å². The van der Waals surface area contributed by atoms with E-state index in [1.165, 1.54) is 18.7 Å². The Balaban J connectivity index is 1.63. The van der Waals surface area contributed by atoms with Crippen molar-refractivity contribution >= 4 is 40.2 Å². The van der Waals surface area contributed by atoms with Gasteiger partial charge in [0.2, 0.25) is 5.91 Å². The molecule has 0 aliphatic heterocycles. The third-order valence-corrected chi connectivity index (χ3v) is 5.17. The molecule has 1 amide bonds. The molecule has 0 atom stereocenters. The van der Waals surface area contributed by atoms with Crippen molar-refractivity contribution in [2.24, 2.45) is 0 Å². The quantitative estimate of drug-likeness (QED) is 0.319. The van der Waals surface area contributed by atoms with E-state index in [-0.39, 0.29) is 17.4 Å². The van der Waals surface area contributed by atoms with Crippen molar-refractivity contribution in [3.05, 3.63) is 59.7 Å². The van der Waals surface area contributed by atoms with Crippen LogP contribution in [0.4, 0.5) is 5.82 Å². The van der Waals surface area contributed by atoms with Gasteiger partial charge in [-0.1, -0.05) is 48.2 Å². The fraction of sp³-hybridized carbons (Fsp3) is 0.273. The number of hydrogen-bond acceptors (Lipinski definition) is 6. The minimum absolute atomic E-state index is 0.0326. The van der Waals surface area contributed by atoms with Crippen LogP contribution in [0.1, 0.15) is 29.8 Å². The van der Waals surface area contributed by atoms with Crippen LogP contribution in [0.15, 0.2) is 53.7 Å². The molecule has 0 fully saturated rings. The first-order valence-corrected chi connectivity index (χ1v) is 10.6. The van der Waals surface area contributed by atoms with Crippen LogP contribution in [0, 0.1) is 0 Å². The fourth-order valence-electron chi connectivity index (χ4n) is 2.88. The topological polar surface area (TPSA) is 84.0 Å². The smallest absolute Gasteiger partial charge is 0.216 e. The Kier molecular flexibility index (Phi) is 7.19. The van der Waals surface area contributed by atoms with Crippen LogP contribution in [0.25, 0.3) is 10.9 Å². The van der Waals surface area contributed by atoms with Gasteiger partial charge in [0, 0.05) is 31.0 Å². The Labute approximate surface area is 174 Å². The second-order valence-corrected chi connectivity index (χ2v) is 7.49. The second-order valence-electron chi connectivity index (χ2n) is 6.54. The average molecular weight is 409 g/mol. The van der Waals surface area contributed by atoms with Crippen molar-refractivity contribution in [2.75, 3.05) is 24.2 Å². The molecular weight excluding hydrogens is 384 g/mol. The number of fused-ring (bicyclic) bond motifs is 1. The number of carbonyl (C=O) groups excluding carboxylic acids is 2. The van der Waals surface area contributed by atoms with E-state index in [0.717, 1.165) is 35.2 Å². The number of Topliss-reactive ketones (excluding diaryl/α,β-unsaturated/α-hetero) is 1. The highest BCUT2D eigenvalue weighted by Gasteiger charge is 2.11. The molecule has 0 aliphatic rings. The summed E-state index contributed by atoms with van der Waals surface area (Å²) >= 11 is 1.34. The van der Waals surface area contributed by atoms with Crippen LogP contribution in [0.3, 0.4) is 0 Å². The van der Waals surface area contributed by atoms with Gasteiger partial charge >= 0.3 is 0 Å². The number of amides is 1. The zero-order valence-electron chi connectivity index (χ0n) is 16.6. The predicted molar refractivity (Wildman–Crippen MR) is 118 cm³/mol. The number of aromatic nitrogens is 2. The Morgan fingerprint density at radius 1 is 1.03 bits per heavy atom. The fourth-order valence-corrected chi connectivity index (χ4v) is 3.62. The Hall–Kier alpha value is -2.93. The third kappa shape index (κ3) is 5.77. The lowest BCUT2D eigenvalue weighted by Gasteiger charge is -2.09. The Morgan fingerprint density at radius 2 is 1.79 bits per heavy atom. The lowest BCUT2D eigenvalue weighted by molar-refractivity contribution is -0.118. The average Bonchev–Trinajstić information content (AvgIpc) is 2.72. The molecule has 150 valence electrons. The van der Waals surface area contributed by atoms with Crippen molar-refractivity contribution in [3.63, 3.8) is 0 Å². The first kappa shape index (κ1) is 20.8. The van der Waals surface area contributed by atoms with Crippen molar-refractivity contribution in [3.8, 4) is 0 Å². The summed E-state index contributed by atoms with van der Waals surface area (Å²) in [5.74, 6) is 1.05. The van der Waals surface area contributed by atoms with E-state index in [9.17, 15) is 9.59 Å². The van der Waals surface area contributed by atoms with Gasteiger partial charge in [0.15, 0.2) is 10.9 Å². The summed E-state index contributed by atoms with van der Waals surface area (Å²) in [6.45, 7) is 4.87. The number of rotatable bonds is 9. The van der Waals surface area contributed by atoms with Crippen molar-refractivity contribution in [1.82, 2.24) is 15.3 Å². The SMILES string of the molecule is CCNc1nc(SCC(=O)c2ccc(CCNC(C)=O)cc2)nc2ccccc12. The van der Waals surface area contributed by atoms with Crippen molar-refractivity contribution < 1.29 is 9.59 Å². The highest BCUT2D eigenvalue weighted by molar-refractivity contribution is 7.99. The number of hydrogen-bond donors (Lipinski definition) is 2. The molecule has 29 heavy (non-hydrogen) atoms. The molecule has 0 spiro atoms. The number of benzene rings is 2. The normalized spacial score (nSPS) is 10.7. The van der Waals surface area contributed by atoms with Gasteiger partial charge in [-0.2, -0.15) is 0 Å². The minimum atomic E-state index is -0.0398. The number of para-hydroxylation sites is 1. The molecule has 3 rings (SSSR count). The maximum atomic E-state index is 12.6. The third-order valence-electron chi connectivity index (χ3n) is 4.32. The van der Waals surface area contributed by atoms with E-state index >= 15 is 0 Å². The summed E-state index contributed by atoms with van der Waals surface area (Å²) in [5, 5.41) is 7.59. The summed E-state index contributed by atoms with van der Waals surface area (Å²) in [6.07, 6.45) is 0.737. The largest absolute Gasteiger partial charge is 0.370 e. The molecular formula is C22H24N4O2S. The van der Waals surface area contributed by atoms with Crippen LogP contribution in [-0.2, 0) is 11.2 Å². The number of anilines is 1. The Morgan fingerprint density at radius 3 is 2.52 bits per heavy atom. The first-order chi connectivity index (χ1) is 14.1. The van der Waals surface area contributed by atoms with Gasteiger partial charge in [-0.05, 0) is 31.0 Å². The number of thioether (sulfide) groups is 1. The van der Waals surface area contributed by atoms with Gasteiger partial charge < -0.3 is 10.6 Å². The first-order valence-electron chi connectivity index (χ1n) is 9.57. The van der Waals surface area contributed by atoms with E-state index in [2.05, 4.69) is 20.6 Å². The van der Waals surface area contributed by atoms with E-state index < -0.39 is 0 Å². The molecule has 1 heterocycles. The summed E-state index contributed by atoms with van der Waals surface area (Å²) in [5.41, 5.74) is 2.60. The van der Waals surface area contributed by atoms with Gasteiger partial charge in [-0.25, -0.2) is 9.97 Å². The van der Waals surface area contributed by atoms with Crippen LogP contribution in [-0.4, -0.2) is 40.5 Å². The molecule has 0 aliphatic carbocycles. The zero-order valence-corrected chi connectivity index (χ0v) is 17.4. The number of nitrogens with one attached hydrogen (secondary N) is 2. The van der Waals surface area contributed by atoms with E-state index in [1.54, 1.807) is 0 Å². The maximum absolute atomic E-state index is 12.6. The molecule has 6 nitrogen and oxygen atoms in total. The molecule has 3 aromatic rings. The second kappa shape index (κ2) is 10.0. The van der Waals surface area contributed by atoms with Crippen LogP contribution in [0.2, 0.25) is 0 Å². The predicted octanol–water partition coefficient (Wildman–Crippen LogP) is 3.72. The highest BCUT2D eigenvalue weighted by atomic mass is 32.2. The zero-order chi connectivity index (χ0) is 20.6. The highest BCUT2D eigenvalue weighted by Crippen LogP contribution is 2.24. The summed E-state index contributed by atoms with van der Waals surface area (Å²) in [4.78, 5) is 32.6. The molecule has 7 heteroatoms. The Bertz CT molecular complexity index is 1010. The number of carbonyl (C=O) groups is 2. The van der Waals surface area contributed by atoms with Gasteiger partial charge in [0.05, 0.1) is 11.3 Å². The van der Waals surface area contributed by atoms with Crippen molar-refractivity contribution in [2.45, 2.75) is 25.4 Å². The summed E-state index contributed by atoms with van der Waals surface area (Å²) in [6, 6.07) is 15.4. The minimum Gasteiger partial charge on any atom is -0.370 e. The van der Waals surface area contributed by atoms with Gasteiger partial charge in [0.1, 0.15) is 5.82 Å². The van der Waals surface area contributed by atoms with Crippen LogP contribution < -0.4 is 10.6 Å². The molecule has 2 aromatic carbocycles. The molecule has 1 aromatic heterocycles. The molecule has 0 radical (unpaired) electrons. The molecule has 0 unspecified atom stereocenters. The standard InChI is InChI=1S/C22H24N4O2S/c1-3-23-21-18-6-4-5-7-19(18)25-22(26-21)29-14-20(28)17-10-8-16(9-11-17)12-13-24-15(2)27/h4-11H,3,12-14H2,1-2H3,(H,24,27)(H,23,25,26). The van der Waals surface area contributed by atoms with Gasteiger partial charge in [-0.3, -0.25) is 9.59 Å². The van der Waals surface area contributed by atoms with E-state index in [4.69, 9.17) is 0 Å². The molecule has 0 saturated carbocycles. The summed E-state index contributed by atoms with van der Waals surface area (Å²) < 4.78 is 0. The lowest BCUT2D eigenvalue weighted by Crippen LogP contribution is -2.22. The molecule has 0 saturated heterocycles. The maximum Gasteiger partial charge on any atom is 0.216 e. The molecule has 2 N–H and O–H groups in total. The van der Waals surface area contributed by atoms with Gasteiger partial charge in [-0.15, -0.1) is 0 Å². The van der Waals surface area contributed by atoms with Crippen LogP contribution in [0.5, 0.6) is 0 Å². The van der Waals surface area contributed by atoms with Crippen LogP contribution >= 0.6 is 11.8 Å². The molecule has 0 bridgehead atoms.